The Bertz CT molecular complexity index is 116. The summed E-state index contributed by atoms with van der Waals surface area (Å²) in [5.74, 6) is 0.220. The third kappa shape index (κ3) is 5.35. The molecule has 0 atom stereocenters. The fourth-order valence-electron chi connectivity index (χ4n) is 0.436. The third-order valence-corrected chi connectivity index (χ3v) is 0.889. The number of carbonyl (C=O) groups excluding carboxylic acids is 1. The fraction of sp³-hybridized carbons (Fsp3) is 0.625. The van der Waals surface area contributed by atoms with Gasteiger partial charge in [0.15, 0.2) is 0 Å². The molecule has 0 unspecified atom stereocenters. The predicted octanol–water partition coefficient (Wildman–Crippen LogP) is 1.76. The number of carbonyl (C=O) groups is 1. The Hall–Kier alpha value is -0.790. The van der Waals surface area contributed by atoms with Crippen molar-refractivity contribution in [3.05, 3.63) is 12.7 Å². The van der Waals surface area contributed by atoms with E-state index in [4.69, 9.17) is 4.74 Å². The maximum Gasteiger partial charge on any atom is 0.309 e. The van der Waals surface area contributed by atoms with Crippen LogP contribution in [0.1, 0.15) is 20.3 Å². The van der Waals surface area contributed by atoms with E-state index in [1.54, 1.807) is 6.08 Å². The second-order valence-corrected chi connectivity index (χ2v) is 2.57. The van der Waals surface area contributed by atoms with Gasteiger partial charge in [-0.3, -0.25) is 4.79 Å². The Morgan fingerprint density at radius 2 is 2.30 bits per heavy atom. The van der Waals surface area contributed by atoms with Crippen LogP contribution in [0, 0.1) is 5.92 Å². The minimum atomic E-state index is -0.191. The first-order valence-electron chi connectivity index (χ1n) is 3.43. The summed E-state index contributed by atoms with van der Waals surface area (Å²) in [5, 5.41) is 0. The van der Waals surface area contributed by atoms with Crippen LogP contribution in [0.15, 0.2) is 12.7 Å². The summed E-state index contributed by atoms with van der Waals surface area (Å²) in [6.45, 7) is 7.94. The zero-order valence-corrected chi connectivity index (χ0v) is 6.59. The lowest BCUT2D eigenvalue weighted by Crippen LogP contribution is -2.08. The monoisotopic (exact) mass is 142 g/mol. The largest absolute Gasteiger partial charge is 0.465 e. The van der Waals surface area contributed by atoms with Crippen molar-refractivity contribution in [2.75, 3.05) is 6.61 Å². The molecule has 0 radical (unpaired) electrons. The Morgan fingerprint density at radius 3 is 2.70 bits per heavy atom. The zero-order valence-electron chi connectivity index (χ0n) is 6.59. The fourth-order valence-corrected chi connectivity index (χ4v) is 0.436. The molecule has 0 aromatic rings. The van der Waals surface area contributed by atoms with Crippen LogP contribution in [-0.2, 0) is 9.53 Å². The van der Waals surface area contributed by atoms with Crippen LogP contribution in [0.5, 0.6) is 0 Å². The Kier molecular flexibility index (Phi) is 4.63. The molecule has 0 aliphatic carbocycles. The van der Waals surface area contributed by atoms with Crippen LogP contribution in [0.2, 0.25) is 0 Å². The van der Waals surface area contributed by atoms with Crippen molar-refractivity contribution in [3.63, 3.8) is 0 Å². The van der Waals surface area contributed by atoms with E-state index < -0.39 is 0 Å². The van der Waals surface area contributed by atoms with Gasteiger partial charge in [0.1, 0.15) is 0 Å². The summed E-state index contributed by atoms with van der Waals surface area (Å²) in [6, 6.07) is 0. The molecule has 0 heterocycles. The van der Waals surface area contributed by atoms with Gasteiger partial charge in [-0.2, -0.15) is 0 Å². The molecule has 10 heavy (non-hydrogen) atoms. The van der Waals surface area contributed by atoms with Gasteiger partial charge in [0, 0.05) is 0 Å². The summed E-state index contributed by atoms with van der Waals surface area (Å²) in [7, 11) is 0. The van der Waals surface area contributed by atoms with Crippen molar-refractivity contribution >= 4 is 5.97 Å². The Morgan fingerprint density at radius 1 is 1.70 bits per heavy atom. The molecule has 2 heteroatoms. The van der Waals surface area contributed by atoms with E-state index >= 15 is 0 Å². The Balaban J connectivity index is 3.30. The Labute approximate surface area is 61.9 Å². The van der Waals surface area contributed by atoms with Crippen LogP contribution in [0.25, 0.3) is 0 Å². The molecule has 0 aromatic carbocycles. The number of ether oxygens (including phenoxy) is 1. The maximum absolute atomic E-state index is 10.7. The lowest BCUT2D eigenvalue weighted by molar-refractivity contribution is -0.143. The van der Waals surface area contributed by atoms with E-state index in [-0.39, 0.29) is 5.97 Å². The quantitative estimate of drug-likeness (QED) is 0.441. The number of hydrogen-bond acceptors (Lipinski definition) is 2. The predicted molar refractivity (Wildman–Crippen MR) is 40.6 cm³/mol. The van der Waals surface area contributed by atoms with E-state index in [0.717, 1.165) is 0 Å². The maximum atomic E-state index is 10.7. The average Bonchev–Trinajstić information content (AvgIpc) is 1.85. The van der Waals surface area contributed by atoms with Crippen molar-refractivity contribution in [1.29, 1.82) is 0 Å². The standard InChI is InChI=1S/C8H14O2/c1-4-5-8(9)10-6-7(2)3/h4,7H,1,5-6H2,2-3H3. The highest BCUT2D eigenvalue weighted by Gasteiger charge is 1.99. The first-order chi connectivity index (χ1) is 4.66. The van der Waals surface area contributed by atoms with Gasteiger partial charge in [0.05, 0.1) is 13.0 Å². The summed E-state index contributed by atoms with van der Waals surface area (Å²) in [6.07, 6.45) is 1.86. The van der Waals surface area contributed by atoms with Gasteiger partial charge in [-0.15, -0.1) is 6.58 Å². The second-order valence-electron chi connectivity index (χ2n) is 2.57. The lowest BCUT2D eigenvalue weighted by Gasteiger charge is -2.04. The number of rotatable bonds is 4. The summed E-state index contributed by atoms with van der Waals surface area (Å²) in [5.41, 5.74) is 0. The minimum Gasteiger partial charge on any atom is -0.465 e. The van der Waals surface area contributed by atoms with Crippen molar-refractivity contribution in [2.45, 2.75) is 20.3 Å². The highest BCUT2D eigenvalue weighted by Crippen LogP contribution is 1.94. The van der Waals surface area contributed by atoms with Gasteiger partial charge in [-0.05, 0) is 5.92 Å². The van der Waals surface area contributed by atoms with Gasteiger partial charge in [-0.25, -0.2) is 0 Å². The van der Waals surface area contributed by atoms with Crippen LogP contribution in [0.4, 0.5) is 0 Å². The van der Waals surface area contributed by atoms with Gasteiger partial charge in [-0.1, -0.05) is 19.9 Å². The van der Waals surface area contributed by atoms with Crippen molar-refractivity contribution in [2.24, 2.45) is 5.92 Å². The molecule has 0 saturated carbocycles. The molecule has 0 amide bonds. The summed E-state index contributed by atoms with van der Waals surface area (Å²) >= 11 is 0. The third-order valence-electron chi connectivity index (χ3n) is 0.889. The van der Waals surface area contributed by atoms with E-state index in [1.165, 1.54) is 0 Å². The number of esters is 1. The summed E-state index contributed by atoms with van der Waals surface area (Å²) in [4.78, 5) is 10.7. The normalized spacial score (nSPS) is 9.50. The smallest absolute Gasteiger partial charge is 0.309 e. The second kappa shape index (κ2) is 5.03. The van der Waals surface area contributed by atoms with E-state index in [9.17, 15) is 4.79 Å². The minimum absolute atomic E-state index is 0.191. The van der Waals surface area contributed by atoms with Crippen LogP contribution >= 0.6 is 0 Å². The summed E-state index contributed by atoms with van der Waals surface area (Å²) < 4.78 is 4.83. The molecule has 0 fully saturated rings. The van der Waals surface area contributed by atoms with Crippen LogP contribution < -0.4 is 0 Å². The van der Waals surface area contributed by atoms with E-state index in [0.29, 0.717) is 18.9 Å². The topological polar surface area (TPSA) is 26.3 Å². The molecule has 0 rings (SSSR count). The molecule has 0 saturated heterocycles. The van der Waals surface area contributed by atoms with Crippen molar-refractivity contribution in [1.82, 2.24) is 0 Å². The molecule has 0 aromatic heterocycles. The van der Waals surface area contributed by atoms with Gasteiger partial charge >= 0.3 is 5.97 Å². The van der Waals surface area contributed by atoms with E-state index in [2.05, 4.69) is 6.58 Å². The van der Waals surface area contributed by atoms with Gasteiger partial charge < -0.3 is 4.74 Å². The molecule has 58 valence electrons. The molecule has 0 aliphatic rings. The molecule has 2 nitrogen and oxygen atoms in total. The first-order valence-corrected chi connectivity index (χ1v) is 3.43. The lowest BCUT2D eigenvalue weighted by atomic mass is 10.2. The van der Waals surface area contributed by atoms with Crippen LogP contribution in [-0.4, -0.2) is 12.6 Å². The molecule has 0 bridgehead atoms. The molecule has 0 N–H and O–H groups in total. The van der Waals surface area contributed by atoms with Crippen molar-refractivity contribution < 1.29 is 9.53 Å². The molecular weight excluding hydrogens is 128 g/mol. The SMILES string of the molecule is C=CCC(=O)OCC(C)C. The van der Waals surface area contributed by atoms with Gasteiger partial charge in [0.25, 0.3) is 0 Å². The molecule has 0 spiro atoms. The molecular formula is C8H14O2. The average molecular weight is 142 g/mol. The van der Waals surface area contributed by atoms with Crippen molar-refractivity contribution in [3.8, 4) is 0 Å². The van der Waals surface area contributed by atoms with Crippen LogP contribution in [0.3, 0.4) is 0 Å². The zero-order chi connectivity index (χ0) is 7.98. The number of hydrogen-bond donors (Lipinski definition) is 0. The van der Waals surface area contributed by atoms with E-state index in [1.807, 2.05) is 13.8 Å². The first kappa shape index (κ1) is 9.21. The van der Waals surface area contributed by atoms with Gasteiger partial charge in [0.2, 0.25) is 0 Å². The highest BCUT2D eigenvalue weighted by molar-refractivity contribution is 5.70. The molecule has 0 aliphatic heterocycles. The highest BCUT2D eigenvalue weighted by atomic mass is 16.5.